The summed E-state index contributed by atoms with van der Waals surface area (Å²) in [6.07, 6.45) is 1.52. The standard InChI is InChI=1S/C22H26O2/c1-6-17-15(4)22(23)19-10-8-16(24-5)12-20(19)21(17)18-9-7-13(2)11-14(18)3/h6-12,15,17,21-23H,1H2,2-5H3/t15-,17+,21+,22-/m0/s1. The Balaban J connectivity index is 2.25. The smallest absolute Gasteiger partial charge is 0.119 e. The van der Waals surface area contributed by atoms with Crippen molar-refractivity contribution < 1.29 is 9.84 Å². The molecule has 0 fully saturated rings. The van der Waals surface area contributed by atoms with Crippen LogP contribution < -0.4 is 4.74 Å². The van der Waals surface area contributed by atoms with Gasteiger partial charge in [-0.2, -0.15) is 0 Å². The molecule has 1 aliphatic carbocycles. The molecule has 0 saturated heterocycles. The number of methoxy groups -OCH3 is 1. The fourth-order valence-corrected chi connectivity index (χ4v) is 4.12. The minimum atomic E-state index is -0.476. The van der Waals surface area contributed by atoms with Gasteiger partial charge in [0.25, 0.3) is 0 Å². The monoisotopic (exact) mass is 322 g/mol. The van der Waals surface area contributed by atoms with Gasteiger partial charge in [0, 0.05) is 5.92 Å². The lowest BCUT2D eigenvalue weighted by atomic mass is 9.65. The number of allylic oxidation sites excluding steroid dienone is 1. The van der Waals surface area contributed by atoms with Crippen molar-refractivity contribution in [3.63, 3.8) is 0 Å². The summed E-state index contributed by atoms with van der Waals surface area (Å²) in [6.45, 7) is 10.5. The van der Waals surface area contributed by atoms with E-state index < -0.39 is 6.10 Å². The number of aliphatic hydroxyl groups is 1. The number of benzene rings is 2. The molecule has 0 spiro atoms. The van der Waals surface area contributed by atoms with E-state index in [1.807, 2.05) is 18.2 Å². The molecular formula is C22H26O2. The number of rotatable bonds is 3. The molecule has 2 nitrogen and oxygen atoms in total. The van der Waals surface area contributed by atoms with E-state index in [9.17, 15) is 5.11 Å². The van der Waals surface area contributed by atoms with Crippen LogP contribution in [-0.2, 0) is 0 Å². The predicted octanol–water partition coefficient (Wildman–Crippen LogP) is 4.93. The molecule has 1 N–H and O–H groups in total. The van der Waals surface area contributed by atoms with Gasteiger partial charge in [-0.1, -0.05) is 42.8 Å². The Morgan fingerprint density at radius 2 is 1.75 bits per heavy atom. The molecule has 0 radical (unpaired) electrons. The summed E-state index contributed by atoms with van der Waals surface area (Å²) >= 11 is 0. The third kappa shape index (κ3) is 2.65. The maximum atomic E-state index is 10.8. The highest BCUT2D eigenvalue weighted by Gasteiger charge is 2.39. The Hall–Kier alpha value is -2.06. The lowest BCUT2D eigenvalue weighted by molar-refractivity contribution is 0.0773. The zero-order valence-corrected chi connectivity index (χ0v) is 14.9. The number of ether oxygens (including phenoxy) is 1. The molecule has 2 heteroatoms. The van der Waals surface area contributed by atoms with Gasteiger partial charge in [0.15, 0.2) is 0 Å². The normalized spacial score (nSPS) is 25.9. The van der Waals surface area contributed by atoms with Gasteiger partial charge in [-0.25, -0.2) is 0 Å². The Morgan fingerprint density at radius 3 is 2.38 bits per heavy atom. The maximum absolute atomic E-state index is 10.8. The fourth-order valence-electron chi connectivity index (χ4n) is 4.12. The van der Waals surface area contributed by atoms with Crippen LogP contribution in [0.5, 0.6) is 5.75 Å². The zero-order chi connectivity index (χ0) is 17.4. The largest absolute Gasteiger partial charge is 0.497 e. The summed E-state index contributed by atoms with van der Waals surface area (Å²) in [5.74, 6) is 1.31. The van der Waals surface area contributed by atoms with Crippen LogP contribution >= 0.6 is 0 Å². The summed E-state index contributed by atoms with van der Waals surface area (Å²) in [5, 5.41) is 10.8. The van der Waals surface area contributed by atoms with Crippen LogP contribution in [0.2, 0.25) is 0 Å². The van der Waals surface area contributed by atoms with Gasteiger partial charge in [0.2, 0.25) is 0 Å². The lowest BCUT2D eigenvalue weighted by Gasteiger charge is -2.40. The van der Waals surface area contributed by atoms with E-state index in [-0.39, 0.29) is 17.8 Å². The number of aliphatic hydroxyl groups excluding tert-OH is 1. The summed E-state index contributed by atoms with van der Waals surface area (Å²) in [5.41, 5.74) is 6.01. The topological polar surface area (TPSA) is 29.5 Å². The van der Waals surface area contributed by atoms with Gasteiger partial charge in [-0.05, 0) is 60.1 Å². The average molecular weight is 322 g/mol. The molecule has 2 aromatic carbocycles. The van der Waals surface area contributed by atoms with Crippen molar-refractivity contribution in [2.45, 2.75) is 32.8 Å². The molecule has 0 heterocycles. The molecule has 24 heavy (non-hydrogen) atoms. The highest BCUT2D eigenvalue weighted by atomic mass is 16.5. The second kappa shape index (κ2) is 6.45. The predicted molar refractivity (Wildman–Crippen MR) is 98.6 cm³/mol. The molecule has 0 aliphatic heterocycles. The van der Waals surface area contributed by atoms with Crippen molar-refractivity contribution in [3.8, 4) is 5.75 Å². The first-order valence-electron chi connectivity index (χ1n) is 8.53. The summed E-state index contributed by atoms with van der Waals surface area (Å²) in [6, 6.07) is 12.6. The van der Waals surface area contributed by atoms with Crippen LogP contribution in [0.25, 0.3) is 0 Å². The molecule has 0 unspecified atom stereocenters. The van der Waals surface area contributed by atoms with Gasteiger partial charge >= 0.3 is 0 Å². The quantitative estimate of drug-likeness (QED) is 0.812. The number of aryl methyl sites for hydroxylation is 2. The second-order valence-electron chi connectivity index (χ2n) is 6.95. The third-order valence-corrected chi connectivity index (χ3v) is 5.47. The number of fused-ring (bicyclic) bond motifs is 1. The maximum Gasteiger partial charge on any atom is 0.119 e. The molecule has 0 amide bonds. The van der Waals surface area contributed by atoms with Gasteiger partial charge in [-0.3, -0.25) is 0 Å². The van der Waals surface area contributed by atoms with Crippen molar-refractivity contribution in [1.29, 1.82) is 0 Å². The number of hydrogen-bond acceptors (Lipinski definition) is 2. The summed E-state index contributed by atoms with van der Waals surface area (Å²) in [4.78, 5) is 0. The van der Waals surface area contributed by atoms with E-state index in [1.165, 1.54) is 16.7 Å². The summed E-state index contributed by atoms with van der Waals surface area (Å²) < 4.78 is 5.44. The van der Waals surface area contributed by atoms with Gasteiger partial charge < -0.3 is 9.84 Å². The zero-order valence-electron chi connectivity index (χ0n) is 14.9. The molecule has 0 bridgehead atoms. The van der Waals surface area contributed by atoms with Crippen LogP contribution in [0, 0.1) is 25.7 Å². The first kappa shape index (κ1) is 16.8. The minimum Gasteiger partial charge on any atom is -0.497 e. The molecule has 1 aliphatic rings. The molecule has 3 rings (SSSR count). The molecule has 4 atom stereocenters. The SMILES string of the molecule is C=C[C@H]1[C@H](c2ccc(C)cc2C)c2cc(OC)ccc2[C@@H](O)[C@H]1C. The second-order valence-corrected chi connectivity index (χ2v) is 6.95. The molecule has 0 aromatic heterocycles. The Morgan fingerprint density at radius 1 is 1.04 bits per heavy atom. The van der Waals surface area contributed by atoms with Crippen molar-refractivity contribution in [1.82, 2.24) is 0 Å². The highest BCUT2D eigenvalue weighted by molar-refractivity contribution is 5.49. The fraction of sp³-hybridized carbons (Fsp3) is 0.364. The van der Waals surface area contributed by atoms with Crippen LogP contribution in [0.1, 0.15) is 46.8 Å². The first-order valence-corrected chi connectivity index (χ1v) is 8.53. The van der Waals surface area contributed by atoms with Crippen molar-refractivity contribution in [3.05, 3.63) is 76.9 Å². The third-order valence-electron chi connectivity index (χ3n) is 5.47. The van der Waals surface area contributed by atoms with Crippen LogP contribution in [-0.4, -0.2) is 12.2 Å². The van der Waals surface area contributed by atoms with E-state index in [1.54, 1.807) is 7.11 Å². The number of hydrogen-bond donors (Lipinski definition) is 1. The average Bonchev–Trinajstić information content (AvgIpc) is 2.58. The van der Waals surface area contributed by atoms with Crippen molar-refractivity contribution >= 4 is 0 Å². The van der Waals surface area contributed by atoms with E-state index in [4.69, 9.17) is 4.74 Å². The Kier molecular flexibility index (Phi) is 4.51. The van der Waals surface area contributed by atoms with E-state index in [2.05, 4.69) is 51.6 Å². The van der Waals surface area contributed by atoms with E-state index in [0.29, 0.717) is 0 Å². The summed E-state index contributed by atoms with van der Waals surface area (Å²) in [7, 11) is 1.68. The van der Waals surface area contributed by atoms with Crippen molar-refractivity contribution in [2.24, 2.45) is 11.8 Å². The van der Waals surface area contributed by atoms with Crippen LogP contribution in [0.4, 0.5) is 0 Å². The van der Waals surface area contributed by atoms with Crippen LogP contribution in [0.15, 0.2) is 49.1 Å². The van der Waals surface area contributed by atoms with Crippen LogP contribution in [0.3, 0.4) is 0 Å². The molecule has 126 valence electrons. The lowest BCUT2D eigenvalue weighted by Crippen LogP contribution is -2.31. The van der Waals surface area contributed by atoms with Gasteiger partial charge in [0.05, 0.1) is 13.2 Å². The van der Waals surface area contributed by atoms with Crippen molar-refractivity contribution in [2.75, 3.05) is 7.11 Å². The minimum absolute atomic E-state index is 0.120. The highest BCUT2D eigenvalue weighted by Crippen LogP contribution is 2.50. The Labute approximate surface area is 144 Å². The molecular weight excluding hydrogens is 296 g/mol. The van der Waals surface area contributed by atoms with E-state index in [0.717, 1.165) is 16.9 Å². The first-order chi connectivity index (χ1) is 11.5. The molecule has 2 aromatic rings. The van der Waals surface area contributed by atoms with Gasteiger partial charge in [-0.15, -0.1) is 6.58 Å². The molecule has 0 saturated carbocycles. The van der Waals surface area contributed by atoms with E-state index >= 15 is 0 Å². The Bertz CT molecular complexity index is 763. The van der Waals surface area contributed by atoms with Gasteiger partial charge in [0.1, 0.15) is 5.75 Å².